The number of rotatable bonds is 0. The number of aryl methyl sites for hydroxylation is 1. The Kier molecular flexibility index (Phi) is 2.30. The summed E-state index contributed by atoms with van der Waals surface area (Å²) in [5.41, 5.74) is 0.552. The maximum absolute atomic E-state index is 9.24. The van der Waals surface area contributed by atoms with Gasteiger partial charge in [-0.2, -0.15) is 0 Å². The monoisotopic (exact) mass is 236 g/mol. The minimum atomic E-state index is -0.00339. The van der Waals surface area contributed by atoms with Crippen LogP contribution < -0.4 is 0 Å². The number of benzene rings is 1. The van der Waals surface area contributed by atoms with Crippen LogP contribution in [0.25, 0.3) is 0 Å². The van der Waals surface area contributed by atoms with Crippen molar-refractivity contribution in [2.24, 2.45) is 0 Å². The molecule has 1 aromatic carbocycles. The van der Waals surface area contributed by atoms with E-state index in [-0.39, 0.29) is 16.5 Å². The summed E-state index contributed by atoms with van der Waals surface area (Å²) in [6, 6.07) is 1.44. The molecule has 0 spiro atoms. The van der Waals surface area contributed by atoms with Gasteiger partial charge in [0.05, 0.1) is 4.47 Å². The van der Waals surface area contributed by atoms with E-state index in [1.165, 1.54) is 6.07 Å². The minimum absolute atomic E-state index is 0.00339. The molecule has 2 nitrogen and oxygen atoms in total. The number of hydrogen-bond donors (Lipinski definition) is 2. The van der Waals surface area contributed by atoms with Crippen LogP contribution in [-0.2, 0) is 0 Å². The van der Waals surface area contributed by atoms with E-state index in [9.17, 15) is 5.11 Å². The number of halogens is 2. The highest BCUT2D eigenvalue weighted by Crippen LogP contribution is 2.39. The van der Waals surface area contributed by atoms with E-state index in [4.69, 9.17) is 16.7 Å². The lowest BCUT2D eigenvalue weighted by atomic mass is 10.2. The molecule has 0 fully saturated rings. The molecule has 11 heavy (non-hydrogen) atoms. The van der Waals surface area contributed by atoms with Crippen LogP contribution in [0.5, 0.6) is 11.5 Å². The van der Waals surface area contributed by atoms with Gasteiger partial charge in [0.25, 0.3) is 0 Å². The molecule has 0 aromatic heterocycles. The average molecular weight is 237 g/mol. The van der Waals surface area contributed by atoms with Crippen LogP contribution in [0.2, 0.25) is 5.02 Å². The second-order valence-corrected chi connectivity index (χ2v) is 3.36. The first-order valence-electron chi connectivity index (χ1n) is 2.90. The molecule has 60 valence electrons. The van der Waals surface area contributed by atoms with E-state index >= 15 is 0 Å². The Hall–Kier alpha value is -0.410. The van der Waals surface area contributed by atoms with E-state index in [1.807, 2.05) is 0 Å². The van der Waals surface area contributed by atoms with Gasteiger partial charge in [-0.1, -0.05) is 11.6 Å². The van der Waals surface area contributed by atoms with Crippen LogP contribution in [0.3, 0.4) is 0 Å². The lowest BCUT2D eigenvalue weighted by molar-refractivity contribution is 0.454. The maximum Gasteiger partial charge on any atom is 0.138 e. The number of phenolic OH excluding ortho intramolecular Hbond substituents is 2. The van der Waals surface area contributed by atoms with Crippen LogP contribution in [0.1, 0.15) is 5.56 Å². The van der Waals surface area contributed by atoms with Crippen LogP contribution in [0, 0.1) is 6.92 Å². The van der Waals surface area contributed by atoms with Crippen molar-refractivity contribution in [3.05, 3.63) is 21.1 Å². The molecule has 0 heterocycles. The summed E-state index contributed by atoms with van der Waals surface area (Å²) in [7, 11) is 0. The SMILES string of the molecule is Cc1cc(O)c(Br)c(Cl)c1O. The molecule has 1 aromatic rings. The zero-order valence-electron chi connectivity index (χ0n) is 5.73. The van der Waals surface area contributed by atoms with Gasteiger partial charge in [-0.3, -0.25) is 0 Å². The molecule has 0 amide bonds. The first-order chi connectivity index (χ1) is 5.04. The summed E-state index contributed by atoms with van der Waals surface area (Å²) in [6.07, 6.45) is 0. The zero-order valence-corrected chi connectivity index (χ0v) is 8.07. The Morgan fingerprint density at radius 3 is 2.55 bits per heavy atom. The van der Waals surface area contributed by atoms with Crippen LogP contribution in [0.4, 0.5) is 0 Å². The molecule has 0 aliphatic rings. The molecule has 0 radical (unpaired) electrons. The van der Waals surface area contributed by atoms with Gasteiger partial charge in [0.15, 0.2) is 0 Å². The molecule has 1 rings (SSSR count). The molecule has 4 heteroatoms. The van der Waals surface area contributed by atoms with Crippen molar-refractivity contribution in [1.29, 1.82) is 0 Å². The van der Waals surface area contributed by atoms with E-state index in [0.29, 0.717) is 10.0 Å². The Balaban J connectivity index is 3.46. The van der Waals surface area contributed by atoms with Crippen molar-refractivity contribution in [3.63, 3.8) is 0 Å². The van der Waals surface area contributed by atoms with Crippen molar-refractivity contribution >= 4 is 27.5 Å². The van der Waals surface area contributed by atoms with Crippen molar-refractivity contribution in [2.45, 2.75) is 6.92 Å². The maximum atomic E-state index is 9.24. The molecule has 0 saturated heterocycles. The minimum Gasteiger partial charge on any atom is -0.507 e. The van der Waals surface area contributed by atoms with Gasteiger partial charge in [-0.15, -0.1) is 0 Å². The molecule has 2 N–H and O–H groups in total. The Morgan fingerprint density at radius 2 is 2.00 bits per heavy atom. The number of phenols is 2. The molecule has 0 bridgehead atoms. The molecular formula is C7H6BrClO2. The van der Waals surface area contributed by atoms with Gasteiger partial charge in [0.2, 0.25) is 0 Å². The van der Waals surface area contributed by atoms with Crippen molar-refractivity contribution in [1.82, 2.24) is 0 Å². The van der Waals surface area contributed by atoms with Gasteiger partial charge in [0, 0.05) is 0 Å². The molecule has 0 unspecified atom stereocenters. The lowest BCUT2D eigenvalue weighted by Crippen LogP contribution is -1.78. The first kappa shape index (κ1) is 8.68. The van der Waals surface area contributed by atoms with Crippen LogP contribution >= 0.6 is 27.5 Å². The molecule has 0 atom stereocenters. The van der Waals surface area contributed by atoms with Crippen LogP contribution in [-0.4, -0.2) is 10.2 Å². The summed E-state index contributed by atoms with van der Waals surface area (Å²) in [4.78, 5) is 0. The average Bonchev–Trinajstić information content (AvgIpc) is 1.97. The molecular weight excluding hydrogens is 231 g/mol. The standard InChI is InChI=1S/C7H6BrClO2/c1-3-2-4(10)5(8)6(9)7(3)11/h2,10-11H,1H3. The predicted molar refractivity (Wildman–Crippen MR) is 47.2 cm³/mol. The van der Waals surface area contributed by atoms with E-state index in [2.05, 4.69) is 15.9 Å². The zero-order chi connectivity index (χ0) is 8.59. The smallest absolute Gasteiger partial charge is 0.138 e. The van der Waals surface area contributed by atoms with Gasteiger partial charge in [0.1, 0.15) is 16.5 Å². The Bertz CT molecular complexity index is 273. The third-order valence-electron chi connectivity index (χ3n) is 1.35. The highest BCUT2D eigenvalue weighted by Gasteiger charge is 2.10. The van der Waals surface area contributed by atoms with Gasteiger partial charge >= 0.3 is 0 Å². The molecule has 0 aliphatic heterocycles. The summed E-state index contributed by atoms with van der Waals surface area (Å²) < 4.78 is 0.322. The largest absolute Gasteiger partial charge is 0.507 e. The summed E-state index contributed by atoms with van der Waals surface area (Å²) in [6.45, 7) is 1.66. The third kappa shape index (κ3) is 1.44. The summed E-state index contributed by atoms with van der Waals surface area (Å²) in [5.74, 6) is 0.0293. The summed E-state index contributed by atoms with van der Waals surface area (Å²) >= 11 is 8.65. The second-order valence-electron chi connectivity index (χ2n) is 2.19. The Labute approximate surface area is 77.6 Å². The fraction of sp³-hybridized carbons (Fsp3) is 0.143. The fourth-order valence-corrected chi connectivity index (χ4v) is 1.27. The normalized spacial score (nSPS) is 10.1. The fourth-order valence-electron chi connectivity index (χ4n) is 0.726. The topological polar surface area (TPSA) is 40.5 Å². The van der Waals surface area contributed by atoms with Gasteiger partial charge in [-0.05, 0) is 34.5 Å². The summed E-state index contributed by atoms with van der Waals surface area (Å²) in [5, 5.41) is 18.5. The second kappa shape index (κ2) is 2.91. The number of aromatic hydroxyl groups is 2. The number of hydrogen-bond acceptors (Lipinski definition) is 2. The van der Waals surface area contributed by atoms with Gasteiger partial charge in [-0.25, -0.2) is 0 Å². The quantitative estimate of drug-likeness (QED) is 0.681. The third-order valence-corrected chi connectivity index (χ3v) is 2.75. The van der Waals surface area contributed by atoms with Crippen LogP contribution in [0.15, 0.2) is 10.5 Å². The predicted octanol–water partition coefficient (Wildman–Crippen LogP) is 2.82. The van der Waals surface area contributed by atoms with E-state index in [0.717, 1.165) is 0 Å². The molecule has 0 aliphatic carbocycles. The Morgan fingerprint density at radius 1 is 1.45 bits per heavy atom. The molecule has 0 saturated carbocycles. The highest BCUT2D eigenvalue weighted by molar-refractivity contribution is 9.10. The first-order valence-corrected chi connectivity index (χ1v) is 4.07. The lowest BCUT2D eigenvalue weighted by Gasteiger charge is -2.04. The van der Waals surface area contributed by atoms with Crippen molar-refractivity contribution < 1.29 is 10.2 Å². The van der Waals surface area contributed by atoms with Crippen molar-refractivity contribution in [2.75, 3.05) is 0 Å². The van der Waals surface area contributed by atoms with Crippen molar-refractivity contribution in [3.8, 4) is 11.5 Å². The highest BCUT2D eigenvalue weighted by atomic mass is 79.9. The van der Waals surface area contributed by atoms with E-state index < -0.39 is 0 Å². The van der Waals surface area contributed by atoms with Gasteiger partial charge < -0.3 is 10.2 Å². The van der Waals surface area contributed by atoms with E-state index in [1.54, 1.807) is 6.92 Å².